The average Bonchev–Trinajstić information content (AvgIpc) is 2.56. The van der Waals surface area contributed by atoms with Gasteiger partial charge in [0.25, 0.3) is 0 Å². The highest BCUT2D eigenvalue weighted by atomic mass is 79.9. The SMILES string of the molecule is O=C(O)c1ccc(N2CCN(c3ccc(Br)cc3)CC2)cc1. The molecule has 0 radical (unpaired) electrons. The molecule has 1 aliphatic rings. The van der Waals surface area contributed by atoms with Gasteiger partial charge in [-0.05, 0) is 48.5 Å². The molecule has 5 heteroatoms. The molecule has 0 amide bonds. The number of aromatic carboxylic acids is 1. The monoisotopic (exact) mass is 360 g/mol. The van der Waals surface area contributed by atoms with Crippen molar-refractivity contribution in [2.45, 2.75) is 0 Å². The molecular formula is C17H17BrN2O2. The molecule has 0 saturated carbocycles. The van der Waals surface area contributed by atoms with E-state index < -0.39 is 5.97 Å². The van der Waals surface area contributed by atoms with Crippen molar-refractivity contribution in [1.29, 1.82) is 0 Å². The van der Waals surface area contributed by atoms with Crippen molar-refractivity contribution in [3.05, 3.63) is 58.6 Å². The van der Waals surface area contributed by atoms with Gasteiger partial charge in [0.1, 0.15) is 0 Å². The molecule has 114 valence electrons. The first kappa shape index (κ1) is 14.9. The lowest BCUT2D eigenvalue weighted by Gasteiger charge is -2.37. The van der Waals surface area contributed by atoms with Gasteiger partial charge in [-0.25, -0.2) is 4.79 Å². The minimum atomic E-state index is -0.883. The molecule has 1 saturated heterocycles. The Kier molecular flexibility index (Phi) is 4.34. The van der Waals surface area contributed by atoms with Gasteiger partial charge in [0, 0.05) is 42.0 Å². The zero-order valence-corrected chi connectivity index (χ0v) is 13.7. The highest BCUT2D eigenvalue weighted by Crippen LogP contribution is 2.22. The number of carbonyl (C=O) groups is 1. The summed E-state index contributed by atoms with van der Waals surface area (Å²) in [6.45, 7) is 3.79. The van der Waals surface area contributed by atoms with Crippen LogP contribution in [0.3, 0.4) is 0 Å². The van der Waals surface area contributed by atoms with Crippen molar-refractivity contribution < 1.29 is 9.90 Å². The second kappa shape index (κ2) is 6.40. The number of halogens is 1. The zero-order chi connectivity index (χ0) is 15.5. The summed E-state index contributed by atoms with van der Waals surface area (Å²) < 4.78 is 1.09. The third-order valence-electron chi connectivity index (χ3n) is 3.95. The fraction of sp³-hybridized carbons (Fsp3) is 0.235. The van der Waals surface area contributed by atoms with E-state index in [1.54, 1.807) is 12.1 Å². The number of hydrogen-bond acceptors (Lipinski definition) is 3. The number of hydrogen-bond donors (Lipinski definition) is 1. The van der Waals surface area contributed by atoms with Crippen molar-refractivity contribution in [3.8, 4) is 0 Å². The summed E-state index contributed by atoms with van der Waals surface area (Å²) in [5.41, 5.74) is 2.65. The molecule has 2 aromatic carbocycles. The van der Waals surface area contributed by atoms with E-state index in [-0.39, 0.29) is 0 Å². The third-order valence-corrected chi connectivity index (χ3v) is 4.48. The van der Waals surface area contributed by atoms with E-state index in [1.807, 2.05) is 12.1 Å². The van der Waals surface area contributed by atoms with Gasteiger partial charge in [-0.3, -0.25) is 0 Å². The summed E-state index contributed by atoms with van der Waals surface area (Å²) in [4.78, 5) is 15.6. The summed E-state index contributed by atoms with van der Waals surface area (Å²) in [6, 6.07) is 15.5. The molecule has 4 nitrogen and oxygen atoms in total. The summed E-state index contributed by atoms with van der Waals surface area (Å²) in [6.07, 6.45) is 0. The Balaban J connectivity index is 1.63. The van der Waals surface area contributed by atoms with Crippen molar-refractivity contribution in [2.75, 3.05) is 36.0 Å². The lowest BCUT2D eigenvalue weighted by Crippen LogP contribution is -2.46. The minimum absolute atomic E-state index is 0.331. The zero-order valence-electron chi connectivity index (χ0n) is 12.1. The Labute approximate surface area is 138 Å². The van der Waals surface area contributed by atoms with Crippen LogP contribution in [0, 0.1) is 0 Å². The lowest BCUT2D eigenvalue weighted by molar-refractivity contribution is 0.0697. The fourth-order valence-corrected chi connectivity index (χ4v) is 2.95. The van der Waals surface area contributed by atoms with Crippen LogP contribution in [0.5, 0.6) is 0 Å². The van der Waals surface area contributed by atoms with E-state index in [4.69, 9.17) is 5.11 Å². The Morgan fingerprint density at radius 3 is 1.64 bits per heavy atom. The highest BCUT2D eigenvalue weighted by molar-refractivity contribution is 9.10. The van der Waals surface area contributed by atoms with Crippen molar-refractivity contribution in [1.82, 2.24) is 0 Å². The summed E-state index contributed by atoms with van der Waals surface area (Å²) in [7, 11) is 0. The molecule has 1 N–H and O–H groups in total. The van der Waals surface area contributed by atoms with Gasteiger partial charge in [0.15, 0.2) is 0 Å². The van der Waals surface area contributed by atoms with Crippen molar-refractivity contribution >= 4 is 33.3 Å². The third kappa shape index (κ3) is 3.25. The van der Waals surface area contributed by atoms with Crippen LogP contribution in [0.2, 0.25) is 0 Å². The quantitative estimate of drug-likeness (QED) is 0.909. The number of piperazine rings is 1. The first-order valence-electron chi connectivity index (χ1n) is 7.22. The van der Waals surface area contributed by atoms with Gasteiger partial charge in [0.05, 0.1) is 5.56 Å². The molecule has 1 heterocycles. The molecule has 0 bridgehead atoms. The van der Waals surface area contributed by atoms with Gasteiger partial charge in [-0.1, -0.05) is 15.9 Å². The second-order valence-electron chi connectivity index (χ2n) is 5.30. The smallest absolute Gasteiger partial charge is 0.335 e. The van der Waals surface area contributed by atoms with Crippen LogP contribution in [0.1, 0.15) is 10.4 Å². The van der Waals surface area contributed by atoms with Crippen LogP contribution >= 0.6 is 15.9 Å². The number of anilines is 2. The maximum atomic E-state index is 10.9. The Hall–Kier alpha value is -2.01. The van der Waals surface area contributed by atoms with E-state index in [2.05, 4.69) is 50.0 Å². The number of rotatable bonds is 3. The van der Waals surface area contributed by atoms with Crippen LogP contribution in [-0.2, 0) is 0 Å². The van der Waals surface area contributed by atoms with Crippen LogP contribution < -0.4 is 9.80 Å². The molecule has 0 spiro atoms. The van der Waals surface area contributed by atoms with Gasteiger partial charge in [-0.15, -0.1) is 0 Å². The van der Waals surface area contributed by atoms with Crippen molar-refractivity contribution in [3.63, 3.8) is 0 Å². The van der Waals surface area contributed by atoms with Crippen molar-refractivity contribution in [2.24, 2.45) is 0 Å². The Morgan fingerprint density at radius 1 is 0.818 bits per heavy atom. The van der Waals surface area contributed by atoms with E-state index in [0.29, 0.717) is 5.56 Å². The van der Waals surface area contributed by atoms with E-state index in [1.165, 1.54) is 5.69 Å². The highest BCUT2D eigenvalue weighted by Gasteiger charge is 2.17. The normalized spacial score (nSPS) is 15.0. The van der Waals surface area contributed by atoms with Gasteiger partial charge >= 0.3 is 5.97 Å². The molecule has 2 aromatic rings. The average molecular weight is 361 g/mol. The molecule has 3 rings (SSSR count). The minimum Gasteiger partial charge on any atom is -0.478 e. The predicted octanol–water partition coefficient (Wildman–Crippen LogP) is 3.47. The number of nitrogens with zero attached hydrogens (tertiary/aromatic N) is 2. The molecule has 0 aromatic heterocycles. The lowest BCUT2D eigenvalue weighted by atomic mass is 10.1. The second-order valence-corrected chi connectivity index (χ2v) is 6.22. The standard InChI is InChI=1S/C17H17BrN2O2/c18-14-3-7-16(8-4-14)20-11-9-19(10-12-20)15-5-1-13(2-6-15)17(21)22/h1-8H,9-12H2,(H,21,22). The first-order valence-corrected chi connectivity index (χ1v) is 8.01. The molecule has 0 aliphatic carbocycles. The Morgan fingerprint density at radius 2 is 1.23 bits per heavy atom. The summed E-state index contributed by atoms with van der Waals surface area (Å²) in [5, 5.41) is 8.94. The predicted molar refractivity (Wildman–Crippen MR) is 92.0 cm³/mol. The van der Waals surface area contributed by atoms with Gasteiger partial charge < -0.3 is 14.9 Å². The molecule has 1 fully saturated rings. The molecule has 1 aliphatic heterocycles. The molecule has 22 heavy (non-hydrogen) atoms. The number of benzene rings is 2. The van der Waals surface area contributed by atoms with E-state index in [9.17, 15) is 4.79 Å². The van der Waals surface area contributed by atoms with E-state index in [0.717, 1.165) is 36.3 Å². The van der Waals surface area contributed by atoms with Crippen LogP contribution in [0.25, 0.3) is 0 Å². The van der Waals surface area contributed by atoms with Crippen LogP contribution in [-0.4, -0.2) is 37.3 Å². The van der Waals surface area contributed by atoms with Crippen LogP contribution in [0.15, 0.2) is 53.0 Å². The summed E-state index contributed by atoms with van der Waals surface area (Å²) >= 11 is 3.46. The van der Waals surface area contributed by atoms with E-state index >= 15 is 0 Å². The molecular weight excluding hydrogens is 344 g/mol. The number of carboxylic acids is 1. The number of carboxylic acid groups (broad SMARTS) is 1. The Bertz CT molecular complexity index is 647. The first-order chi connectivity index (χ1) is 10.6. The molecule has 0 atom stereocenters. The molecule has 0 unspecified atom stereocenters. The van der Waals surface area contributed by atoms with Gasteiger partial charge in [0.2, 0.25) is 0 Å². The van der Waals surface area contributed by atoms with Crippen LogP contribution in [0.4, 0.5) is 11.4 Å². The topological polar surface area (TPSA) is 43.8 Å². The summed E-state index contributed by atoms with van der Waals surface area (Å²) in [5.74, 6) is -0.883. The largest absolute Gasteiger partial charge is 0.478 e. The fourth-order valence-electron chi connectivity index (χ4n) is 2.69. The maximum Gasteiger partial charge on any atom is 0.335 e. The maximum absolute atomic E-state index is 10.9. The van der Waals surface area contributed by atoms with Gasteiger partial charge in [-0.2, -0.15) is 0 Å².